The van der Waals surface area contributed by atoms with Crippen molar-refractivity contribution in [3.8, 4) is 5.75 Å². The number of para-hydroxylation sites is 2. The van der Waals surface area contributed by atoms with Gasteiger partial charge in [-0.15, -0.1) is 0 Å². The van der Waals surface area contributed by atoms with Crippen LogP contribution in [-0.4, -0.2) is 35.3 Å². The Balaban J connectivity index is 1.86. The Bertz CT molecular complexity index is 799. The van der Waals surface area contributed by atoms with E-state index in [1.54, 1.807) is 7.11 Å². The molecule has 0 aliphatic heterocycles. The zero-order chi connectivity index (χ0) is 16.8. The maximum absolute atomic E-state index is 9.44. The van der Waals surface area contributed by atoms with Crippen molar-refractivity contribution in [1.82, 2.24) is 9.88 Å². The zero-order valence-corrected chi connectivity index (χ0v) is 13.9. The van der Waals surface area contributed by atoms with E-state index in [1.165, 1.54) is 0 Å². The number of benzene rings is 2. The SMILES string of the molecule is COc1ccccc1CN(CCO)Cc1cccc2cccnc12. The van der Waals surface area contributed by atoms with Crippen LogP contribution in [0.15, 0.2) is 60.8 Å². The average Bonchev–Trinajstić information content (AvgIpc) is 2.63. The zero-order valence-electron chi connectivity index (χ0n) is 13.9. The van der Waals surface area contributed by atoms with Crippen LogP contribution in [0.4, 0.5) is 0 Å². The van der Waals surface area contributed by atoms with Crippen LogP contribution >= 0.6 is 0 Å². The number of pyridine rings is 1. The summed E-state index contributed by atoms with van der Waals surface area (Å²) in [7, 11) is 1.68. The average molecular weight is 322 g/mol. The lowest BCUT2D eigenvalue weighted by atomic mass is 10.1. The van der Waals surface area contributed by atoms with E-state index in [2.05, 4.69) is 40.2 Å². The van der Waals surface area contributed by atoms with Gasteiger partial charge in [-0.3, -0.25) is 9.88 Å². The predicted molar refractivity (Wildman–Crippen MR) is 95.9 cm³/mol. The van der Waals surface area contributed by atoms with Crippen LogP contribution in [0.25, 0.3) is 10.9 Å². The van der Waals surface area contributed by atoms with Crippen LogP contribution in [0.2, 0.25) is 0 Å². The van der Waals surface area contributed by atoms with Crippen molar-refractivity contribution in [1.29, 1.82) is 0 Å². The fourth-order valence-corrected chi connectivity index (χ4v) is 2.97. The van der Waals surface area contributed by atoms with Gasteiger partial charge >= 0.3 is 0 Å². The molecule has 1 N–H and O–H groups in total. The lowest BCUT2D eigenvalue weighted by Gasteiger charge is -2.23. The van der Waals surface area contributed by atoms with Gasteiger partial charge in [0.05, 0.1) is 19.2 Å². The van der Waals surface area contributed by atoms with Crippen molar-refractivity contribution in [2.24, 2.45) is 0 Å². The molecule has 2 aromatic carbocycles. The fraction of sp³-hybridized carbons (Fsp3) is 0.250. The summed E-state index contributed by atoms with van der Waals surface area (Å²) in [6.07, 6.45) is 1.82. The Kier molecular flexibility index (Phi) is 5.41. The molecule has 4 heteroatoms. The van der Waals surface area contributed by atoms with Gasteiger partial charge in [0.1, 0.15) is 5.75 Å². The maximum atomic E-state index is 9.44. The number of nitrogens with zero attached hydrogens (tertiary/aromatic N) is 2. The molecule has 0 unspecified atom stereocenters. The Morgan fingerprint density at radius 1 is 0.958 bits per heavy atom. The highest BCUT2D eigenvalue weighted by Gasteiger charge is 2.12. The van der Waals surface area contributed by atoms with Gasteiger partial charge in [-0.2, -0.15) is 0 Å². The van der Waals surface area contributed by atoms with Crippen molar-refractivity contribution in [3.63, 3.8) is 0 Å². The normalized spacial score (nSPS) is 11.1. The smallest absolute Gasteiger partial charge is 0.123 e. The number of rotatable bonds is 7. The van der Waals surface area contributed by atoms with Crippen molar-refractivity contribution in [2.45, 2.75) is 13.1 Å². The molecule has 0 atom stereocenters. The number of aromatic nitrogens is 1. The molecule has 0 saturated heterocycles. The lowest BCUT2D eigenvalue weighted by Crippen LogP contribution is -2.26. The first kappa shape index (κ1) is 16.4. The Labute approximate surface area is 142 Å². The second-order valence-electron chi connectivity index (χ2n) is 5.74. The molecule has 124 valence electrons. The summed E-state index contributed by atoms with van der Waals surface area (Å²) in [6.45, 7) is 2.16. The Morgan fingerprint density at radius 2 is 1.71 bits per heavy atom. The van der Waals surface area contributed by atoms with E-state index in [9.17, 15) is 5.11 Å². The van der Waals surface area contributed by atoms with Gasteiger partial charge < -0.3 is 9.84 Å². The Hall–Kier alpha value is -2.43. The third kappa shape index (κ3) is 3.72. The van der Waals surface area contributed by atoms with E-state index in [1.807, 2.05) is 30.5 Å². The van der Waals surface area contributed by atoms with Gasteiger partial charge in [0.25, 0.3) is 0 Å². The topological polar surface area (TPSA) is 45.6 Å². The molecular weight excluding hydrogens is 300 g/mol. The second-order valence-corrected chi connectivity index (χ2v) is 5.74. The van der Waals surface area contributed by atoms with Crippen LogP contribution in [-0.2, 0) is 13.1 Å². The van der Waals surface area contributed by atoms with E-state index < -0.39 is 0 Å². The monoisotopic (exact) mass is 322 g/mol. The number of methoxy groups -OCH3 is 1. The summed E-state index contributed by atoms with van der Waals surface area (Å²) in [4.78, 5) is 6.73. The molecule has 0 fully saturated rings. The highest BCUT2D eigenvalue weighted by Crippen LogP contribution is 2.22. The van der Waals surface area contributed by atoms with E-state index in [4.69, 9.17) is 4.74 Å². The van der Waals surface area contributed by atoms with Gasteiger partial charge in [-0.25, -0.2) is 0 Å². The first-order valence-corrected chi connectivity index (χ1v) is 8.09. The molecule has 1 aromatic heterocycles. The number of aliphatic hydroxyl groups excluding tert-OH is 1. The summed E-state index contributed by atoms with van der Waals surface area (Å²) in [5, 5.41) is 10.6. The summed E-state index contributed by atoms with van der Waals surface area (Å²) in [5.74, 6) is 0.872. The van der Waals surface area contributed by atoms with E-state index in [0.717, 1.165) is 34.3 Å². The number of fused-ring (bicyclic) bond motifs is 1. The van der Waals surface area contributed by atoms with Crippen molar-refractivity contribution >= 4 is 10.9 Å². The second kappa shape index (κ2) is 7.90. The summed E-state index contributed by atoms with van der Waals surface area (Å²) in [5.41, 5.74) is 3.29. The molecule has 0 aliphatic carbocycles. The molecule has 3 aromatic rings. The largest absolute Gasteiger partial charge is 0.496 e. The minimum atomic E-state index is 0.118. The summed E-state index contributed by atoms with van der Waals surface area (Å²) in [6, 6.07) is 18.2. The molecule has 0 saturated carbocycles. The minimum absolute atomic E-state index is 0.118. The molecule has 24 heavy (non-hydrogen) atoms. The molecule has 0 amide bonds. The van der Waals surface area contributed by atoms with Crippen molar-refractivity contribution in [2.75, 3.05) is 20.3 Å². The summed E-state index contributed by atoms with van der Waals surface area (Å²) >= 11 is 0. The maximum Gasteiger partial charge on any atom is 0.123 e. The number of ether oxygens (including phenoxy) is 1. The molecule has 3 rings (SSSR count). The van der Waals surface area contributed by atoms with Crippen LogP contribution in [0.5, 0.6) is 5.75 Å². The Morgan fingerprint density at radius 3 is 2.54 bits per heavy atom. The highest BCUT2D eigenvalue weighted by atomic mass is 16.5. The van der Waals surface area contributed by atoms with Crippen LogP contribution in [0.3, 0.4) is 0 Å². The number of hydrogen-bond donors (Lipinski definition) is 1. The van der Waals surface area contributed by atoms with Gasteiger partial charge in [0.2, 0.25) is 0 Å². The van der Waals surface area contributed by atoms with Gasteiger partial charge in [0.15, 0.2) is 0 Å². The molecule has 1 heterocycles. The molecule has 0 radical (unpaired) electrons. The molecule has 4 nitrogen and oxygen atoms in total. The molecule has 0 spiro atoms. The quantitative estimate of drug-likeness (QED) is 0.725. The van der Waals surface area contributed by atoms with Gasteiger partial charge in [-0.1, -0.05) is 42.5 Å². The van der Waals surface area contributed by atoms with Crippen LogP contribution in [0.1, 0.15) is 11.1 Å². The van der Waals surface area contributed by atoms with Crippen LogP contribution < -0.4 is 4.74 Å². The van der Waals surface area contributed by atoms with Crippen molar-refractivity contribution < 1.29 is 9.84 Å². The number of aliphatic hydroxyl groups is 1. The molecule has 0 aliphatic rings. The first-order valence-electron chi connectivity index (χ1n) is 8.09. The third-order valence-corrected chi connectivity index (χ3v) is 4.11. The highest BCUT2D eigenvalue weighted by molar-refractivity contribution is 5.81. The first-order chi connectivity index (χ1) is 11.8. The van der Waals surface area contributed by atoms with Crippen molar-refractivity contribution in [3.05, 3.63) is 71.9 Å². The van der Waals surface area contributed by atoms with E-state index in [0.29, 0.717) is 13.1 Å². The predicted octanol–water partition coefficient (Wildman–Crippen LogP) is 3.24. The van der Waals surface area contributed by atoms with Crippen LogP contribution in [0, 0.1) is 0 Å². The third-order valence-electron chi connectivity index (χ3n) is 4.11. The van der Waals surface area contributed by atoms with Gasteiger partial charge in [0, 0.05) is 36.8 Å². The van der Waals surface area contributed by atoms with E-state index >= 15 is 0 Å². The summed E-state index contributed by atoms with van der Waals surface area (Å²) < 4.78 is 5.44. The molecular formula is C20H22N2O2. The lowest BCUT2D eigenvalue weighted by molar-refractivity contribution is 0.183. The minimum Gasteiger partial charge on any atom is -0.496 e. The van der Waals surface area contributed by atoms with Gasteiger partial charge in [-0.05, 0) is 17.7 Å². The fourth-order valence-electron chi connectivity index (χ4n) is 2.97. The number of hydrogen-bond acceptors (Lipinski definition) is 4. The van der Waals surface area contributed by atoms with E-state index in [-0.39, 0.29) is 6.61 Å². The molecule has 0 bridgehead atoms. The standard InChI is InChI=1S/C20H22N2O2/c1-24-19-10-3-2-6-17(19)14-22(12-13-23)15-18-8-4-7-16-9-5-11-21-20(16)18/h2-11,23H,12-15H2,1H3.